The van der Waals surface area contributed by atoms with Crippen LogP contribution in [0.5, 0.6) is 0 Å². The van der Waals surface area contributed by atoms with Crippen molar-refractivity contribution in [2.45, 2.75) is 51.6 Å². The Balaban J connectivity index is 2.24. The van der Waals surface area contributed by atoms with Crippen LogP contribution in [-0.4, -0.2) is 35.5 Å². The Morgan fingerprint density at radius 3 is 1.88 bits per heavy atom. The van der Waals surface area contributed by atoms with Gasteiger partial charge >= 0.3 is 18.4 Å². The van der Waals surface area contributed by atoms with Crippen LogP contribution >= 0.6 is 0 Å². The largest absolute Gasteiger partial charge is 0.465 e. The van der Waals surface area contributed by atoms with Gasteiger partial charge in [-0.1, -0.05) is 6.92 Å². The Kier molecular flexibility index (Phi) is 6.80. The molecule has 2 atom stereocenters. The number of hydrogen-bond donors (Lipinski definition) is 2. The highest BCUT2D eigenvalue weighted by atomic mass is 19.4. The predicted octanol–water partition coefficient (Wildman–Crippen LogP) is 6.16. The molecule has 0 radical (unpaired) electrons. The van der Waals surface area contributed by atoms with Crippen molar-refractivity contribution < 1.29 is 41.4 Å². The minimum atomic E-state index is -5.03. The normalized spacial score (nSPS) is 17.5. The second kappa shape index (κ2) is 9.01. The Morgan fingerprint density at radius 1 is 0.971 bits per heavy atom. The molecule has 1 aliphatic heterocycles. The molecule has 5 nitrogen and oxygen atoms in total. The average Bonchev–Trinajstić information content (AvgIpc) is 2.73. The Labute approximate surface area is 192 Å². The zero-order valence-corrected chi connectivity index (χ0v) is 18.6. The molecule has 0 bridgehead atoms. The molecule has 0 saturated carbocycles. The minimum absolute atomic E-state index is 0.0267. The molecule has 0 spiro atoms. The number of alkyl halides is 6. The van der Waals surface area contributed by atoms with Crippen molar-refractivity contribution in [2.75, 3.05) is 23.0 Å². The van der Waals surface area contributed by atoms with Crippen LogP contribution in [-0.2, 0) is 12.4 Å². The summed E-state index contributed by atoms with van der Waals surface area (Å²) in [4.78, 5) is 14.7. The van der Waals surface area contributed by atoms with E-state index in [1.54, 1.807) is 32.9 Å². The molecule has 1 aliphatic rings. The van der Waals surface area contributed by atoms with Gasteiger partial charge in [-0.2, -0.15) is 26.3 Å². The first kappa shape index (κ1) is 25.7. The third-order valence-corrected chi connectivity index (χ3v) is 6.15. The fourth-order valence-corrected chi connectivity index (χ4v) is 4.23. The van der Waals surface area contributed by atoms with Gasteiger partial charge in [0.2, 0.25) is 0 Å². The lowest BCUT2D eigenvalue weighted by molar-refractivity contribution is -0.143. The van der Waals surface area contributed by atoms with Crippen molar-refractivity contribution in [1.29, 1.82) is 0 Å². The van der Waals surface area contributed by atoms with E-state index in [0.29, 0.717) is 24.2 Å². The molecule has 2 aromatic carbocycles. The van der Waals surface area contributed by atoms with E-state index in [1.807, 2.05) is 0 Å². The molecule has 1 heterocycles. The molecular weight excluding hydrogens is 466 g/mol. The molecule has 1 amide bonds. The van der Waals surface area contributed by atoms with E-state index in [-0.39, 0.29) is 23.9 Å². The van der Waals surface area contributed by atoms with Gasteiger partial charge in [0.25, 0.3) is 0 Å². The molecule has 0 aliphatic carbocycles. The summed E-state index contributed by atoms with van der Waals surface area (Å²) in [6.45, 7) is 4.44. The fourth-order valence-electron chi connectivity index (χ4n) is 4.23. The number of aliphatic hydroxyl groups excluding tert-OH is 1. The van der Waals surface area contributed by atoms with Crippen molar-refractivity contribution >= 4 is 17.5 Å². The highest BCUT2D eigenvalue weighted by molar-refractivity contribution is 5.94. The van der Waals surface area contributed by atoms with Crippen molar-refractivity contribution in [3.8, 4) is 0 Å². The number of benzene rings is 2. The maximum absolute atomic E-state index is 13.4. The van der Waals surface area contributed by atoms with Crippen molar-refractivity contribution in [1.82, 2.24) is 0 Å². The third-order valence-electron chi connectivity index (χ3n) is 6.15. The topological polar surface area (TPSA) is 64.0 Å². The maximum Gasteiger partial charge on any atom is 0.416 e. The van der Waals surface area contributed by atoms with Gasteiger partial charge < -0.3 is 15.1 Å². The van der Waals surface area contributed by atoms with Crippen LogP contribution < -0.4 is 9.80 Å². The van der Waals surface area contributed by atoms with Crippen LogP contribution in [0, 0.1) is 13.8 Å². The highest BCUT2D eigenvalue weighted by Crippen LogP contribution is 2.44. The maximum atomic E-state index is 13.4. The summed E-state index contributed by atoms with van der Waals surface area (Å²) in [5.41, 5.74) is -1.25. The van der Waals surface area contributed by atoms with E-state index in [9.17, 15) is 41.4 Å². The number of rotatable bonds is 4. The summed E-state index contributed by atoms with van der Waals surface area (Å²) in [6, 6.07) is 2.59. The SMILES string of the molecule is CCC1CN(C(CO)c2cc(C(F)(F)F)cc(C(F)(F)F)c2)c2cc(C)c(C)cc2N1C(=O)O. The molecule has 2 unspecified atom stereocenters. The van der Waals surface area contributed by atoms with E-state index < -0.39 is 48.3 Å². The number of aliphatic hydroxyl groups is 1. The predicted molar refractivity (Wildman–Crippen MR) is 114 cm³/mol. The van der Waals surface area contributed by atoms with Crippen LogP contribution in [0.2, 0.25) is 0 Å². The summed E-state index contributed by atoms with van der Waals surface area (Å²) in [7, 11) is 0. The average molecular weight is 490 g/mol. The van der Waals surface area contributed by atoms with E-state index in [0.717, 1.165) is 16.0 Å². The van der Waals surface area contributed by atoms with Gasteiger partial charge in [0, 0.05) is 6.54 Å². The number of carboxylic acid groups (broad SMARTS) is 1. The standard InChI is InChI=1S/C23H24F6N2O3/c1-4-17-10-30(18-5-12(2)13(3)6-19(18)31(17)21(33)34)20(11-32)14-7-15(22(24,25)26)9-16(8-14)23(27,28)29/h5-9,17,20,32H,4,10-11H2,1-3H3,(H,33,34). The van der Waals surface area contributed by atoms with E-state index >= 15 is 0 Å². The number of anilines is 2. The van der Waals surface area contributed by atoms with Gasteiger partial charge in [-0.15, -0.1) is 0 Å². The molecule has 186 valence electrons. The molecular formula is C23H24F6N2O3. The number of carbonyl (C=O) groups is 1. The first-order valence-electron chi connectivity index (χ1n) is 10.5. The number of halogens is 6. The van der Waals surface area contributed by atoms with Crippen LogP contribution in [0.4, 0.5) is 42.5 Å². The molecule has 0 saturated heterocycles. The molecule has 11 heteroatoms. The van der Waals surface area contributed by atoms with E-state index in [4.69, 9.17) is 0 Å². The second-order valence-corrected chi connectivity index (χ2v) is 8.33. The number of aryl methyl sites for hydroxylation is 2. The van der Waals surface area contributed by atoms with E-state index in [1.165, 1.54) is 4.90 Å². The molecule has 0 fully saturated rings. The first-order valence-corrected chi connectivity index (χ1v) is 10.5. The molecule has 2 N–H and O–H groups in total. The smallest absolute Gasteiger partial charge is 0.416 e. The van der Waals surface area contributed by atoms with Crippen LogP contribution in [0.1, 0.15) is 47.2 Å². The lowest BCUT2D eigenvalue weighted by Gasteiger charge is -2.45. The Hall–Kier alpha value is -2.95. The van der Waals surface area contributed by atoms with Crippen LogP contribution in [0.3, 0.4) is 0 Å². The summed E-state index contributed by atoms with van der Waals surface area (Å²) in [5.74, 6) is 0. The van der Waals surface area contributed by atoms with Crippen molar-refractivity contribution in [3.63, 3.8) is 0 Å². The molecule has 3 rings (SSSR count). The zero-order chi connectivity index (χ0) is 25.6. The van der Waals surface area contributed by atoms with Crippen molar-refractivity contribution in [3.05, 3.63) is 58.1 Å². The van der Waals surface area contributed by atoms with Crippen molar-refractivity contribution in [2.24, 2.45) is 0 Å². The molecule has 0 aromatic heterocycles. The summed E-state index contributed by atoms with van der Waals surface area (Å²) in [5, 5.41) is 20.0. The number of amides is 1. The Bertz CT molecular complexity index is 1050. The number of hydrogen-bond acceptors (Lipinski definition) is 3. The highest BCUT2D eigenvalue weighted by Gasteiger charge is 2.40. The van der Waals surface area contributed by atoms with Gasteiger partial charge in [0.05, 0.1) is 41.2 Å². The van der Waals surface area contributed by atoms with Gasteiger partial charge in [-0.05, 0) is 67.3 Å². The zero-order valence-electron chi connectivity index (χ0n) is 18.6. The van der Waals surface area contributed by atoms with Crippen LogP contribution in [0.15, 0.2) is 30.3 Å². The van der Waals surface area contributed by atoms with Crippen LogP contribution in [0.25, 0.3) is 0 Å². The summed E-state index contributed by atoms with van der Waals surface area (Å²) in [6.07, 6.45) is -11.0. The second-order valence-electron chi connectivity index (χ2n) is 8.33. The fraction of sp³-hybridized carbons (Fsp3) is 0.435. The monoisotopic (exact) mass is 490 g/mol. The van der Waals surface area contributed by atoms with Gasteiger partial charge in [0.15, 0.2) is 0 Å². The first-order chi connectivity index (χ1) is 15.7. The minimum Gasteiger partial charge on any atom is -0.465 e. The Morgan fingerprint density at radius 2 is 1.47 bits per heavy atom. The summed E-state index contributed by atoms with van der Waals surface area (Å²) >= 11 is 0. The third kappa shape index (κ3) is 4.79. The van der Waals surface area contributed by atoms with Gasteiger partial charge in [-0.25, -0.2) is 4.79 Å². The lowest BCUT2D eigenvalue weighted by Crippen LogP contribution is -2.52. The lowest BCUT2D eigenvalue weighted by atomic mass is 9.94. The van der Waals surface area contributed by atoms with Gasteiger partial charge in [0.1, 0.15) is 0 Å². The summed E-state index contributed by atoms with van der Waals surface area (Å²) < 4.78 is 80.5. The van der Waals surface area contributed by atoms with Gasteiger partial charge in [-0.3, -0.25) is 4.90 Å². The quantitative estimate of drug-likeness (QED) is 0.504. The number of nitrogens with zero attached hydrogens (tertiary/aromatic N) is 2. The van der Waals surface area contributed by atoms with E-state index in [2.05, 4.69) is 0 Å². The molecule has 2 aromatic rings. The number of fused-ring (bicyclic) bond motifs is 1. The molecule has 34 heavy (non-hydrogen) atoms.